The number of hydrogen-bond donors (Lipinski definition) is 1. The van der Waals surface area contributed by atoms with Crippen molar-refractivity contribution in [1.82, 2.24) is 15.3 Å². The lowest BCUT2D eigenvalue weighted by atomic mass is 10.1. The molecule has 1 N–H and O–H groups in total. The third-order valence-electron chi connectivity index (χ3n) is 5.24. The summed E-state index contributed by atoms with van der Waals surface area (Å²) in [7, 11) is 2.37. The number of ether oxygens (including phenoxy) is 2. The Labute approximate surface area is 182 Å². The Morgan fingerprint density at radius 2 is 1.94 bits per heavy atom. The molecular weight excluding hydrogens is 424 g/mol. The van der Waals surface area contributed by atoms with Crippen molar-refractivity contribution >= 4 is 23.3 Å². The molecule has 0 saturated heterocycles. The van der Waals surface area contributed by atoms with Crippen molar-refractivity contribution in [2.45, 2.75) is 32.0 Å². The number of carbonyl (C=O) groups excluding carboxylic acids is 2. The van der Waals surface area contributed by atoms with Gasteiger partial charge in [-0.2, -0.15) is 13.8 Å². The number of nitrogens with one attached hydrogen (secondary N) is 1. The van der Waals surface area contributed by atoms with Crippen molar-refractivity contribution in [3.05, 3.63) is 47.8 Å². The molecule has 32 heavy (non-hydrogen) atoms. The van der Waals surface area contributed by atoms with E-state index < -0.39 is 35.1 Å². The van der Waals surface area contributed by atoms with Gasteiger partial charge in [0, 0.05) is 17.8 Å². The Morgan fingerprint density at radius 3 is 2.50 bits per heavy atom. The molecule has 0 spiro atoms. The van der Waals surface area contributed by atoms with Gasteiger partial charge >= 0.3 is 6.03 Å². The number of hydrogen-bond acceptors (Lipinski definition) is 6. The summed E-state index contributed by atoms with van der Waals surface area (Å²) in [4.78, 5) is 35.3. The van der Waals surface area contributed by atoms with E-state index in [-0.39, 0.29) is 25.0 Å². The Morgan fingerprint density at radius 1 is 1.28 bits per heavy atom. The minimum atomic E-state index is -1.10. The van der Waals surface area contributed by atoms with Crippen LogP contribution in [0, 0.1) is 11.6 Å². The van der Waals surface area contributed by atoms with E-state index in [9.17, 15) is 9.59 Å². The molecule has 1 fully saturated rings. The maximum Gasteiger partial charge on any atom is 0.329 e. The summed E-state index contributed by atoms with van der Waals surface area (Å²) in [6, 6.07) is 1.02. The molecule has 1 aliphatic heterocycles. The van der Waals surface area contributed by atoms with Gasteiger partial charge in [-0.1, -0.05) is 6.58 Å². The van der Waals surface area contributed by atoms with Crippen LogP contribution in [0.25, 0.3) is 0 Å². The van der Waals surface area contributed by atoms with Gasteiger partial charge in [0.1, 0.15) is 5.69 Å². The molecule has 2 aliphatic rings. The first-order valence-corrected chi connectivity index (χ1v) is 9.85. The van der Waals surface area contributed by atoms with Crippen LogP contribution in [0.1, 0.15) is 24.1 Å². The SMILES string of the molecule is C=CC(=O)NCc1cc2c(cn1)CN(c1c(F)c(OC)nc(OC)c1F)C(=O)N2C1CC1. The zero-order chi connectivity index (χ0) is 23.0. The van der Waals surface area contributed by atoms with Crippen LogP contribution in [-0.4, -0.2) is 42.2 Å². The number of urea groups is 1. The summed E-state index contributed by atoms with van der Waals surface area (Å²) in [5, 5.41) is 2.63. The number of methoxy groups -OCH3 is 2. The summed E-state index contributed by atoms with van der Waals surface area (Å²) in [5.74, 6) is -3.52. The zero-order valence-electron chi connectivity index (χ0n) is 17.5. The molecule has 0 radical (unpaired) electrons. The fraction of sp³-hybridized carbons (Fsp3) is 0.333. The third kappa shape index (κ3) is 3.70. The van der Waals surface area contributed by atoms with Crippen LogP contribution >= 0.6 is 0 Å². The zero-order valence-corrected chi connectivity index (χ0v) is 17.5. The summed E-state index contributed by atoms with van der Waals surface area (Å²) >= 11 is 0. The van der Waals surface area contributed by atoms with Crippen molar-refractivity contribution in [3.63, 3.8) is 0 Å². The Bertz CT molecular complexity index is 1080. The highest BCUT2D eigenvalue weighted by atomic mass is 19.1. The average Bonchev–Trinajstić information content (AvgIpc) is 3.63. The number of carbonyl (C=O) groups is 2. The number of fused-ring (bicyclic) bond motifs is 1. The van der Waals surface area contributed by atoms with E-state index in [0.29, 0.717) is 16.9 Å². The molecule has 0 atom stereocenters. The van der Waals surface area contributed by atoms with E-state index in [1.54, 1.807) is 6.07 Å². The minimum Gasteiger partial charge on any atom is -0.479 e. The summed E-state index contributed by atoms with van der Waals surface area (Å²) in [6.45, 7) is 3.43. The van der Waals surface area contributed by atoms with E-state index in [1.807, 2.05) is 0 Å². The maximum atomic E-state index is 15.0. The van der Waals surface area contributed by atoms with E-state index in [2.05, 4.69) is 21.9 Å². The van der Waals surface area contributed by atoms with Gasteiger partial charge in [-0.05, 0) is 25.0 Å². The predicted molar refractivity (Wildman–Crippen MR) is 111 cm³/mol. The van der Waals surface area contributed by atoms with Crippen LogP contribution in [0.5, 0.6) is 11.8 Å². The van der Waals surface area contributed by atoms with E-state index in [4.69, 9.17) is 9.47 Å². The maximum absolute atomic E-state index is 15.0. The molecular formula is C21H21F2N5O4. The quantitative estimate of drug-likeness (QED) is 0.659. The van der Waals surface area contributed by atoms with Gasteiger partial charge in [0.15, 0.2) is 0 Å². The molecule has 3 heterocycles. The van der Waals surface area contributed by atoms with Crippen molar-refractivity contribution in [3.8, 4) is 11.8 Å². The molecule has 0 aromatic carbocycles. The number of amides is 3. The highest BCUT2D eigenvalue weighted by Crippen LogP contribution is 2.42. The Hall–Kier alpha value is -3.76. The molecule has 4 rings (SSSR count). The molecule has 168 valence electrons. The normalized spacial score (nSPS) is 15.3. The number of halogens is 2. The number of nitrogens with zero attached hydrogens (tertiary/aromatic N) is 4. The Kier molecular flexibility index (Phi) is 5.64. The summed E-state index contributed by atoms with van der Waals surface area (Å²) in [5.41, 5.74) is 1.14. The third-order valence-corrected chi connectivity index (χ3v) is 5.24. The molecule has 0 bridgehead atoms. The summed E-state index contributed by atoms with van der Waals surface area (Å²) in [6.07, 6.45) is 4.21. The minimum absolute atomic E-state index is 0.0983. The lowest BCUT2D eigenvalue weighted by Gasteiger charge is -2.37. The van der Waals surface area contributed by atoms with Crippen LogP contribution in [0.4, 0.5) is 25.0 Å². The van der Waals surface area contributed by atoms with Crippen LogP contribution in [-0.2, 0) is 17.9 Å². The highest BCUT2D eigenvalue weighted by Gasteiger charge is 2.43. The van der Waals surface area contributed by atoms with Crippen molar-refractivity contribution in [2.24, 2.45) is 0 Å². The number of pyridine rings is 2. The van der Waals surface area contributed by atoms with Gasteiger partial charge in [0.25, 0.3) is 11.8 Å². The first-order valence-electron chi connectivity index (χ1n) is 9.85. The van der Waals surface area contributed by atoms with Gasteiger partial charge in [-0.25, -0.2) is 4.79 Å². The fourth-order valence-electron chi connectivity index (χ4n) is 3.54. The molecule has 1 aliphatic carbocycles. The molecule has 2 aromatic heterocycles. The van der Waals surface area contributed by atoms with Gasteiger partial charge in [0.2, 0.25) is 17.5 Å². The molecule has 3 amide bonds. The monoisotopic (exact) mass is 445 g/mol. The molecule has 9 nitrogen and oxygen atoms in total. The molecule has 11 heteroatoms. The van der Waals surface area contributed by atoms with Gasteiger partial charge in [-0.15, -0.1) is 0 Å². The molecule has 0 unspecified atom stereocenters. The van der Waals surface area contributed by atoms with Crippen molar-refractivity contribution in [2.75, 3.05) is 24.0 Å². The molecule has 2 aromatic rings. The van der Waals surface area contributed by atoms with Gasteiger partial charge in [-0.3, -0.25) is 19.6 Å². The largest absolute Gasteiger partial charge is 0.479 e. The van der Waals surface area contributed by atoms with Crippen LogP contribution in [0.2, 0.25) is 0 Å². The van der Waals surface area contributed by atoms with Crippen LogP contribution in [0.3, 0.4) is 0 Å². The van der Waals surface area contributed by atoms with Gasteiger partial charge < -0.3 is 14.8 Å². The smallest absolute Gasteiger partial charge is 0.329 e. The lowest BCUT2D eigenvalue weighted by molar-refractivity contribution is -0.116. The van der Waals surface area contributed by atoms with Gasteiger partial charge in [0.05, 0.1) is 38.7 Å². The van der Waals surface area contributed by atoms with E-state index >= 15 is 8.78 Å². The van der Waals surface area contributed by atoms with Crippen LogP contribution < -0.4 is 24.6 Å². The van der Waals surface area contributed by atoms with Crippen LogP contribution in [0.15, 0.2) is 24.9 Å². The van der Waals surface area contributed by atoms with Crippen molar-refractivity contribution in [1.29, 1.82) is 0 Å². The number of aromatic nitrogens is 2. The standard InChI is InChI=1S/C21H21F2N5O4/c1-4-15(29)25-9-12-7-14-11(8-24-12)10-27(21(30)28(14)13-5-6-13)18-16(22)19(31-2)26-20(32-3)17(18)23/h4,7-8,13H,1,5-6,9-10H2,2-3H3,(H,25,29). The fourth-order valence-corrected chi connectivity index (χ4v) is 3.54. The van der Waals surface area contributed by atoms with E-state index in [1.165, 1.54) is 25.3 Å². The van der Waals surface area contributed by atoms with Crippen molar-refractivity contribution < 1.29 is 27.8 Å². The first-order chi connectivity index (χ1) is 15.4. The highest BCUT2D eigenvalue weighted by molar-refractivity contribution is 6.07. The predicted octanol–water partition coefficient (Wildman–Crippen LogP) is 2.68. The summed E-state index contributed by atoms with van der Waals surface area (Å²) < 4.78 is 39.9. The number of rotatable bonds is 7. The topological polar surface area (TPSA) is 96.9 Å². The second-order valence-corrected chi connectivity index (χ2v) is 7.30. The average molecular weight is 445 g/mol. The number of anilines is 2. The second kappa shape index (κ2) is 8.40. The Balaban J connectivity index is 1.76. The first kappa shape index (κ1) is 21.5. The lowest BCUT2D eigenvalue weighted by Crippen LogP contribution is -2.49. The van der Waals surface area contributed by atoms with E-state index in [0.717, 1.165) is 23.8 Å². The molecule has 1 saturated carbocycles. The second-order valence-electron chi connectivity index (χ2n) is 7.30.